The second-order valence-electron chi connectivity index (χ2n) is 12.3. The van der Waals surface area contributed by atoms with Gasteiger partial charge in [0.05, 0.1) is 14.2 Å². The van der Waals surface area contributed by atoms with Crippen molar-refractivity contribution >= 4 is 43.6 Å². The topological polar surface area (TPSA) is 163 Å². The van der Waals surface area contributed by atoms with Crippen LogP contribution in [0.25, 0.3) is 0 Å². The van der Waals surface area contributed by atoms with E-state index in [-0.39, 0.29) is 35.6 Å². The Balaban J connectivity index is 1.69. The number of hydrogen-bond acceptors (Lipinski definition) is 8. The summed E-state index contributed by atoms with van der Waals surface area (Å²) in [7, 11) is -7.81. The molecule has 0 unspecified atom stereocenters. The van der Waals surface area contributed by atoms with E-state index in [4.69, 9.17) is 9.47 Å². The van der Waals surface area contributed by atoms with Crippen LogP contribution in [0.4, 0.5) is 28.9 Å². The Kier molecular flexibility index (Phi) is 15.1. The number of nitrogens with one attached hydrogen (secondary N) is 3. The number of rotatable bonds is 20. The number of benzene rings is 4. The van der Waals surface area contributed by atoms with Crippen molar-refractivity contribution in [3.8, 4) is 11.5 Å². The Labute approximate surface area is 328 Å². The predicted molar refractivity (Wildman–Crippen MR) is 206 cm³/mol. The molecule has 0 saturated heterocycles. The van der Waals surface area contributed by atoms with Gasteiger partial charge in [0.2, 0.25) is 11.8 Å². The summed E-state index contributed by atoms with van der Waals surface area (Å²) in [5, 5.41) is 0. The Morgan fingerprint density at radius 2 is 0.930 bits per heavy atom. The second-order valence-corrected chi connectivity index (χ2v) is 15.4. The summed E-state index contributed by atoms with van der Waals surface area (Å²) in [6.45, 7) is 6.87. The first-order valence-electron chi connectivity index (χ1n) is 16.8. The molecule has 2 amide bonds. The lowest BCUT2D eigenvalue weighted by atomic mass is 10.0. The summed E-state index contributed by atoms with van der Waals surface area (Å²) < 4.78 is 127. The molecular formula is C38H39F4N5O8S2. The minimum absolute atomic E-state index is 0.170. The lowest BCUT2D eigenvalue weighted by molar-refractivity contribution is -0.120. The number of hydrogen-bond donors (Lipinski definition) is 3. The molecule has 19 heteroatoms. The van der Waals surface area contributed by atoms with Crippen molar-refractivity contribution < 1.29 is 53.5 Å². The van der Waals surface area contributed by atoms with Gasteiger partial charge in [0, 0.05) is 36.6 Å². The van der Waals surface area contributed by atoms with Crippen molar-refractivity contribution in [1.82, 2.24) is 13.6 Å². The number of methoxy groups -OCH3 is 2. The van der Waals surface area contributed by atoms with Crippen LogP contribution in [0.15, 0.2) is 110 Å². The van der Waals surface area contributed by atoms with Crippen LogP contribution in [0, 0.1) is 23.3 Å². The number of anilines is 2. The van der Waals surface area contributed by atoms with Crippen molar-refractivity contribution in [2.24, 2.45) is 0 Å². The van der Waals surface area contributed by atoms with Crippen molar-refractivity contribution in [2.45, 2.75) is 24.9 Å². The first-order valence-corrected chi connectivity index (χ1v) is 19.8. The third-order valence-electron chi connectivity index (χ3n) is 8.06. The summed E-state index contributed by atoms with van der Waals surface area (Å²) in [6, 6.07) is 12.7. The highest BCUT2D eigenvalue weighted by Gasteiger charge is 2.35. The van der Waals surface area contributed by atoms with E-state index >= 15 is 0 Å². The molecule has 0 bridgehead atoms. The highest BCUT2D eigenvalue weighted by molar-refractivity contribution is 8.02. The van der Waals surface area contributed by atoms with Gasteiger partial charge in [-0.3, -0.25) is 9.59 Å². The zero-order valence-electron chi connectivity index (χ0n) is 30.6. The van der Waals surface area contributed by atoms with Gasteiger partial charge in [-0.25, -0.2) is 17.6 Å². The molecule has 4 aromatic carbocycles. The van der Waals surface area contributed by atoms with E-state index in [0.717, 1.165) is 34.1 Å². The van der Waals surface area contributed by atoms with Gasteiger partial charge in [-0.1, -0.05) is 16.3 Å². The van der Waals surface area contributed by atoms with Crippen molar-refractivity contribution in [3.63, 3.8) is 0 Å². The van der Waals surface area contributed by atoms with Crippen LogP contribution in [0.3, 0.4) is 0 Å². The van der Waals surface area contributed by atoms with E-state index in [0.29, 0.717) is 23.6 Å². The normalized spacial score (nSPS) is 12.6. The molecule has 0 aliphatic rings. The maximum absolute atomic E-state index is 14.2. The smallest absolute Gasteiger partial charge is 0.291 e. The van der Waals surface area contributed by atoms with Crippen LogP contribution in [0.1, 0.15) is 11.1 Å². The summed E-state index contributed by atoms with van der Waals surface area (Å²) in [6.07, 6.45) is 1.31. The van der Waals surface area contributed by atoms with Crippen LogP contribution in [-0.4, -0.2) is 68.0 Å². The van der Waals surface area contributed by atoms with Crippen LogP contribution >= 0.6 is 0 Å². The summed E-state index contributed by atoms with van der Waals surface area (Å²) in [5.41, 5.74) is 0.121. The highest BCUT2D eigenvalue weighted by atomic mass is 32.3. The number of halogens is 4. The van der Waals surface area contributed by atoms with E-state index < -0.39 is 80.4 Å². The maximum Gasteiger partial charge on any atom is 0.291 e. The van der Waals surface area contributed by atoms with Gasteiger partial charge in [0.15, 0.2) is 0 Å². The Bertz CT molecular complexity index is 2100. The summed E-state index contributed by atoms with van der Waals surface area (Å²) in [5.74, 6) is -5.24. The number of ether oxygens (including phenoxy) is 2. The van der Waals surface area contributed by atoms with Crippen LogP contribution in [0.5, 0.6) is 11.5 Å². The Morgan fingerprint density at radius 1 is 0.614 bits per heavy atom. The predicted octanol–water partition coefficient (Wildman–Crippen LogP) is 4.48. The van der Waals surface area contributed by atoms with Gasteiger partial charge in [0.1, 0.15) is 46.9 Å². The number of carbonyl (C=O) groups is 2. The van der Waals surface area contributed by atoms with Crippen LogP contribution in [-0.2, 0) is 42.8 Å². The fourth-order valence-corrected chi connectivity index (χ4v) is 8.32. The quantitative estimate of drug-likeness (QED) is 0.0868. The molecule has 0 aromatic heterocycles. The molecule has 3 N–H and O–H groups in total. The van der Waals surface area contributed by atoms with Crippen LogP contribution < -0.4 is 32.8 Å². The number of nitrogens with zero attached hydrogens (tertiary/aromatic N) is 2. The van der Waals surface area contributed by atoms with Crippen molar-refractivity contribution in [1.29, 1.82) is 0 Å². The molecule has 0 fully saturated rings. The monoisotopic (exact) mass is 833 g/mol. The van der Waals surface area contributed by atoms with Crippen LogP contribution in [0.2, 0.25) is 0 Å². The molecule has 4 rings (SSSR count). The lowest BCUT2D eigenvalue weighted by Crippen LogP contribution is -2.57. The van der Waals surface area contributed by atoms with Gasteiger partial charge in [-0.15, -0.1) is 13.2 Å². The molecule has 0 aliphatic carbocycles. The Hall–Kier alpha value is -5.60. The van der Waals surface area contributed by atoms with Gasteiger partial charge >= 0.3 is 0 Å². The molecule has 0 radical (unpaired) electrons. The minimum Gasteiger partial charge on any atom is -0.497 e. The first kappa shape index (κ1) is 44.1. The molecule has 4 aromatic rings. The number of carbonyl (C=O) groups excluding carboxylic acids is 2. The molecule has 0 heterocycles. The molecule has 57 heavy (non-hydrogen) atoms. The van der Waals surface area contributed by atoms with Gasteiger partial charge in [-0.2, -0.15) is 26.3 Å². The van der Waals surface area contributed by atoms with E-state index in [1.165, 1.54) is 79.0 Å². The highest BCUT2D eigenvalue weighted by Crippen LogP contribution is 2.23. The lowest BCUT2D eigenvalue weighted by Gasteiger charge is -2.28. The van der Waals surface area contributed by atoms with Crippen molar-refractivity contribution in [3.05, 3.63) is 145 Å². The molecule has 0 spiro atoms. The van der Waals surface area contributed by atoms with E-state index in [9.17, 15) is 44.0 Å². The Morgan fingerprint density at radius 3 is 1.21 bits per heavy atom. The van der Waals surface area contributed by atoms with E-state index in [1.807, 2.05) is 9.44 Å². The van der Waals surface area contributed by atoms with Gasteiger partial charge in [-0.05, 0) is 96.8 Å². The third kappa shape index (κ3) is 12.7. The summed E-state index contributed by atoms with van der Waals surface area (Å²) in [4.78, 5) is 30.3. The molecule has 0 aliphatic heterocycles. The number of amides is 2. The largest absolute Gasteiger partial charge is 0.497 e. The molecule has 304 valence electrons. The third-order valence-corrected chi connectivity index (χ3v) is 11.0. The van der Waals surface area contributed by atoms with Crippen molar-refractivity contribution in [2.75, 3.05) is 37.1 Å². The average molecular weight is 834 g/mol. The maximum atomic E-state index is 14.2. The average Bonchev–Trinajstić information content (AvgIpc) is 3.13. The zero-order valence-corrected chi connectivity index (χ0v) is 32.3. The van der Waals surface area contributed by atoms with Gasteiger partial charge in [0.25, 0.3) is 20.4 Å². The summed E-state index contributed by atoms with van der Waals surface area (Å²) >= 11 is 0. The zero-order chi connectivity index (χ0) is 41.9. The standard InChI is InChI=1S/C38H39F4N5O8S2/c1-5-15-46(31-7-11-33(54-3)12-8-31)37(48)35(21-25-17-27(39)23-28(40)18-25)43-56(50,51)45-57(52,53)44-36(22-26-19-29(41)24-30(42)20-26)38(49)47(16-6-2)32-9-13-34(55-4)14-10-32/h5-14,17-20,23-24,35-36,43-45H,1-2,15-16,21-22H2,3-4H3/t35-,36-/m0/s1. The fourth-order valence-electron chi connectivity index (χ4n) is 5.66. The van der Waals surface area contributed by atoms with Gasteiger partial charge < -0.3 is 19.3 Å². The molecule has 13 nitrogen and oxygen atoms in total. The van der Waals surface area contributed by atoms with E-state index in [1.54, 1.807) is 0 Å². The molecular weight excluding hydrogens is 795 g/mol. The SMILES string of the molecule is C=CCN(C(=O)[C@H](Cc1cc(F)cc(F)c1)NS(=O)(=O)NS(=O)(=O)N[C@@H](Cc1cc(F)cc(F)c1)C(=O)N(CC=C)c1ccc(OC)cc1)c1ccc(OC)cc1. The molecule has 0 saturated carbocycles. The van der Waals surface area contributed by atoms with E-state index in [2.05, 4.69) is 13.2 Å². The minimum atomic E-state index is -5.32. The first-order chi connectivity index (χ1) is 27.0. The molecule has 2 atom stereocenters. The fraction of sp³-hybridized carbons (Fsp3) is 0.211. The second kappa shape index (κ2) is 19.5.